The Hall–Kier alpha value is -1.07. The summed E-state index contributed by atoms with van der Waals surface area (Å²) in [5.41, 5.74) is 1.26. The van der Waals surface area contributed by atoms with E-state index >= 15 is 0 Å². The van der Waals surface area contributed by atoms with Crippen molar-refractivity contribution in [3.63, 3.8) is 0 Å². The Morgan fingerprint density at radius 2 is 2.10 bits per heavy atom. The molecular formula is C15H30N4O. The lowest BCUT2D eigenvalue weighted by molar-refractivity contribution is 0.197. The van der Waals surface area contributed by atoms with Gasteiger partial charge in [0.1, 0.15) is 0 Å². The van der Waals surface area contributed by atoms with Gasteiger partial charge in [-0.05, 0) is 32.9 Å². The number of anilines is 1. The second-order valence-electron chi connectivity index (χ2n) is 6.51. The quantitative estimate of drug-likeness (QED) is 0.705. The first-order valence-corrected chi connectivity index (χ1v) is 7.25. The number of ether oxygens (including phenoxy) is 1. The van der Waals surface area contributed by atoms with Gasteiger partial charge in [0, 0.05) is 39.5 Å². The number of hydrogen-bond donors (Lipinski definition) is 1. The van der Waals surface area contributed by atoms with Gasteiger partial charge in [-0.1, -0.05) is 13.8 Å². The van der Waals surface area contributed by atoms with E-state index in [2.05, 4.69) is 53.9 Å². The Bertz CT molecular complexity index is 399. The normalized spacial score (nSPS) is 12.2. The van der Waals surface area contributed by atoms with Crippen LogP contribution in [0.25, 0.3) is 0 Å². The van der Waals surface area contributed by atoms with E-state index in [1.807, 2.05) is 6.92 Å². The Labute approximate surface area is 123 Å². The summed E-state index contributed by atoms with van der Waals surface area (Å²) in [5.74, 6) is 0.963. The summed E-state index contributed by atoms with van der Waals surface area (Å²) in [4.78, 5) is 6.80. The summed E-state index contributed by atoms with van der Waals surface area (Å²) >= 11 is 0. The molecule has 0 atom stereocenters. The molecule has 1 N–H and O–H groups in total. The van der Waals surface area contributed by atoms with Gasteiger partial charge in [0.05, 0.1) is 5.69 Å². The third kappa shape index (κ3) is 5.92. The van der Waals surface area contributed by atoms with E-state index in [-0.39, 0.29) is 5.41 Å². The zero-order valence-electron chi connectivity index (χ0n) is 13.9. The molecule has 0 unspecified atom stereocenters. The first kappa shape index (κ1) is 17.0. The van der Waals surface area contributed by atoms with Gasteiger partial charge in [-0.25, -0.2) is 4.98 Å². The molecule has 0 saturated heterocycles. The van der Waals surface area contributed by atoms with Gasteiger partial charge in [0.15, 0.2) is 0 Å². The number of nitrogens with one attached hydrogen (secondary N) is 1. The Morgan fingerprint density at radius 3 is 2.70 bits per heavy atom. The van der Waals surface area contributed by atoms with Crippen LogP contribution in [0.1, 0.15) is 26.0 Å². The largest absolute Gasteiger partial charge is 0.385 e. The molecule has 0 bridgehead atoms. The SMILES string of the molecule is COCCCNc1nc(C)cn1CC(C)(C)CN(C)C. The summed E-state index contributed by atoms with van der Waals surface area (Å²) in [6, 6.07) is 0. The van der Waals surface area contributed by atoms with Gasteiger partial charge < -0.3 is 19.5 Å². The molecule has 0 fully saturated rings. The maximum Gasteiger partial charge on any atom is 0.203 e. The van der Waals surface area contributed by atoms with Crippen LogP contribution in [-0.2, 0) is 11.3 Å². The maximum absolute atomic E-state index is 5.07. The molecule has 0 aliphatic heterocycles. The van der Waals surface area contributed by atoms with Crippen LogP contribution in [0.3, 0.4) is 0 Å². The van der Waals surface area contributed by atoms with Crippen molar-refractivity contribution in [2.24, 2.45) is 5.41 Å². The van der Waals surface area contributed by atoms with Crippen molar-refractivity contribution in [1.29, 1.82) is 0 Å². The molecule has 1 heterocycles. The molecule has 5 heteroatoms. The smallest absolute Gasteiger partial charge is 0.203 e. The topological polar surface area (TPSA) is 42.3 Å². The highest BCUT2D eigenvalue weighted by atomic mass is 16.5. The van der Waals surface area contributed by atoms with Crippen LogP contribution in [0.2, 0.25) is 0 Å². The lowest BCUT2D eigenvalue weighted by Crippen LogP contribution is -2.32. The van der Waals surface area contributed by atoms with Crippen LogP contribution < -0.4 is 5.32 Å². The fourth-order valence-corrected chi connectivity index (χ4v) is 2.59. The van der Waals surface area contributed by atoms with E-state index in [0.29, 0.717) is 0 Å². The minimum absolute atomic E-state index is 0.208. The third-order valence-corrected chi connectivity index (χ3v) is 3.05. The number of rotatable bonds is 9. The second kappa shape index (κ2) is 7.64. The number of aryl methyl sites for hydroxylation is 1. The van der Waals surface area contributed by atoms with Crippen LogP contribution in [0, 0.1) is 12.3 Å². The van der Waals surface area contributed by atoms with Crippen LogP contribution in [0.15, 0.2) is 6.20 Å². The molecule has 0 aromatic carbocycles. The lowest BCUT2D eigenvalue weighted by atomic mass is 9.93. The van der Waals surface area contributed by atoms with Gasteiger partial charge >= 0.3 is 0 Å². The summed E-state index contributed by atoms with van der Waals surface area (Å²) in [5, 5.41) is 3.40. The molecule has 0 aliphatic rings. The van der Waals surface area contributed by atoms with Crippen molar-refractivity contribution >= 4 is 5.95 Å². The monoisotopic (exact) mass is 282 g/mol. The van der Waals surface area contributed by atoms with Gasteiger partial charge in [0.2, 0.25) is 5.95 Å². The Kier molecular flexibility index (Phi) is 6.49. The Morgan fingerprint density at radius 1 is 1.40 bits per heavy atom. The van der Waals surface area contributed by atoms with E-state index < -0.39 is 0 Å². The highest BCUT2D eigenvalue weighted by Crippen LogP contribution is 2.22. The van der Waals surface area contributed by atoms with Gasteiger partial charge in [0.25, 0.3) is 0 Å². The van der Waals surface area contributed by atoms with Crippen molar-refractivity contribution in [2.45, 2.75) is 33.7 Å². The van der Waals surface area contributed by atoms with Crippen molar-refractivity contribution in [2.75, 3.05) is 46.2 Å². The third-order valence-electron chi connectivity index (χ3n) is 3.05. The fraction of sp³-hybridized carbons (Fsp3) is 0.800. The summed E-state index contributed by atoms with van der Waals surface area (Å²) in [6.45, 7) is 10.3. The van der Waals surface area contributed by atoms with E-state index in [0.717, 1.165) is 44.3 Å². The molecule has 0 aliphatic carbocycles. The van der Waals surface area contributed by atoms with E-state index in [1.165, 1.54) is 0 Å². The summed E-state index contributed by atoms with van der Waals surface area (Å²) in [6.07, 6.45) is 3.11. The van der Waals surface area contributed by atoms with Gasteiger partial charge in [-0.15, -0.1) is 0 Å². The zero-order valence-corrected chi connectivity index (χ0v) is 13.9. The predicted molar refractivity (Wildman–Crippen MR) is 84.3 cm³/mol. The molecular weight excluding hydrogens is 252 g/mol. The molecule has 1 rings (SSSR count). The van der Waals surface area contributed by atoms with E-state index in [4.69, 9.17) is 4.74 Å². The molecule has 0 saturated carbocycles. The molecule has 0 radical (unpaired) electrons. The predicted octanol–water partition coefficient (Wildman–Crippen LogP) is 2.23. The zero-order chi connectivity index (χ0) is 15.2. The molecule has 20 heavy (non-hydrogen) atoms. The number of methoxy groups -OCH3 is 1. The fourth-order valence-electron chi connectivity index (χ4n) is 2.59. The number of hydrogen-bond acceptors (Lipinski definition) is 4. The van der Waals surface area contributed by atoms with Crippen molar-refractivity contribution in [3.8, 4) is 0 Å². The van der Waals surface area contributed by atoms with Crippen molar-refractivity contribution in [1.82, 2.24) is 14.5 Å². The van der Waals surface area contributed by atoms with E-state index in [9.17, 15) is 0 Å². The average Bonchev–Trinajstić information content (AvgIpc) is 2.62. The molecule has 116 valence electrons. The highest BCUT2D eigenvalue weighted by molar-refractivity contribution is 5.28. The minimum atomic E-state index is 0.208. The van der Waals surface area contributed by atoms with Crippen LogP contribution in [-0.4, -0.2) is 55.4 Å². The number of imidazole rings is 1. The van der Waals surface area contributed by atoms with Gasteiger partial charge in [-0.2, -0.15) is 0 Å². The first-order chi connectivity index (χ1) is 9.34. The van der Waals surface area contributed by atoms with Crippen LogP contribution in [0.5, 0.6) is 0 Å². The average molecular weight is 282 g/mol. The molecule has 0 spiro atoms. The second-order valence-corrected chi connectivity index (χ2v) is 6.51. The summed E-state index contributed by atoms with van der Waals surface area (Å²) < 4.78 is 7.29. The maximum atomic E-state index is 5.07. The number of aromatic nitrogens is 2. The minimum Gasteiger partial charge on any atom is -0.385 e. The number of nitrogens with zero attached hydrogens (tertiary/aromatic N) is 3. The molecule has 5 nitrogen and oxygen atoms in total. The molecule has 0 amide bonds. The van der Waals surface area contributed by atoms with Crippen LogP contribution in [0.4, 0.5) is 5.95 Å². The summed E-state index contributed by atoms with van der Waals surface area (Å²) in [7, 11) is 5.96. The molecule has 1 aromatic rings. The van der Waals surface area contributed by atoms with Crippen molar-refractivity contribution < 1.29 is 4.74 Å². The standard InChI is InChI=1S/C15H30N4O/c1-13-10-19(12-15(2,3)11-18(4)5)14(17-13)16-8-7-9-20-6/h10H,7-9,11-12H2,1-6H3,(H,16,17). The first-order valence-electron chi connectivity index (χ1n) is 7.25. The van der Waals surface area contributed by atoms with Crippen molar-refractivity contribution in [3.05, 3.63) is 11.9 Å². The van der Waals surface area contributed by atoms with Gasteiger partial charge in [-0.3, -0.25) is 0 Å². The van der Waals surface area contributed by atoms with Crippen LogP contribution >= 0.6 is 0 Å². The lowest BCUT2D eigenvalue weighted by Gasteiger charge is -2.29. The Balaban J connectivity index is 2.64. The highest BCUT2D eigenvalue weighted by Gasteiger charge is 2.21. The molecule has 1 aromatic heterocycles. The van der Waals surface area contributed by atoms with E-state index in [1.54, 1.807) is 7.11 Å².